The molecule has 0 unspecified atom stereocenters. The highest BCUT2D eigenvalue weighted by Crippen LogP contribution is 2.24. The van der Waals surface area contributed by atoms with E-state index in [1.165, 1.54) is 11.3 Å². The summed E-state index contributed by atoms with van der Waals surface area (Å²) in [6, 6.07) is 5.33. The summed E-state index contributed by atoms with van der Waals surface area (Å²) in [5.41, 5.74) is 7.59. The van der Waals surface area contributed by atoms with Gasteiger partial charge in [0.2, 0.25) is 0 Å². The SMILES string of the molecule is Cl.Nc1ncc(CN2CCc3c(F)cccc3C2)s1. The predicted molar refractivity (Wildman–Crippen MR) is 78.0 cm³/mol. The van der Waals surface area contributed by atoms with Crippen LogP contribution in [0.3, 0.4) is 0 Å². The molecule has 0 amide bonds. The highest BCUT2D eigenvalue weighted by Gasteiger charge is 2.19. The van der Waals surface area contributed by atoms with Crippen LogP contribution in [0.4, 0.5) is 9.52 Å². The van der Waals surface area contributed by atoms with Crippen LogP contribution in [-0.4, -0.2) is 16.4 Å². The van der Waals surface area contributed by atoms with Gasteiger partial charge in [-0.3, -0.25) is 4.90 Å². The summed E-state index contributed by atoms with van der Waals surface area (Å²) in [5.74, 6) is -0.0748. The number of thiazole rings is 1. The molecule has 0 fully saturated rings. The Morgan fingerprint density at radius 3 is 3.00 bits per heavy atom. The average molecular weight is 300 g/mol. The first-order chi connectivity index (χ1) is 8.72. The minimum Gasteiger partial charge on any atom is -0.375 e. The van der Waals surface area contributed by atoms with Crippen molar-refractivity contribution in [3.63, 3.8) is 0 Å². The van der Waals surface area contributed by atoms with Crippen LogP contribution in [0.2, 0.25) is 0 Å². The van der Waals surface area contributed by atoms with Crippen LogP contribution in [0, 0.1) is 5.82 Å². The van der Waals surface area contributed by atoms with Crippen molar-refractivity contribution in [2.45, 2.75) is 19.5 Å². The molecule has 2 aromatic rings. The maximum atomic E-state index is 13.6. The summed E-state index contributed by atoms with van der Waals surface area (Å²) in [4.78, 5) is 7.51. The molecule has 1 aliphatic heterocycles. The maximum absolute atomic E-state index is 13.6. The second-order valence-corrected chi connectivity index (χ2v) is 5.65. The third-order valence-corrected chi connectivity index (χ3v) is 4.05. The van der Waals surface area contributed by atoms with E-state index in [2.05, 4.69) is 9.88 Å². The Balaban J connectivity index is 0.00000133. The van der Waals surface area contributed by atoms with Crippen molar-refractivity contribution in [3.05, 3.63) is 46.2 Å². The summed E-state index contributed by atoms with van der Waals surface area (Å²) >= 11 is 1.52. The van der Waals surface area contributed by atoms with E-state index < -0.39 is 0 Å². The number of nitrogens with two attached hydrogens (primary N) is 1. The van der Waals surface area contributed by atoms with Gasteiger partial charge < -0.3 is 5.73 Å². The molecule has 3 rings (SSSR count). The Hall–Kier alpha value is -1.17. The van der Waals surface area contributed by atoms with Gasteiger partial charge >= 0.3 is 0 Å². The molecule has 6 heteroatoms. The molecule has 0 saturated heterocycles. The predicted octanol–water partition coefficient (Wildman–Crippen LogP) is 2.84. The fourth-order valence-electron chi connectivity index (χ4n) is 2.37. The number of fused-ring (bicyclic) bond motifs is 1. The third-order valence-electron chi connectivity index (χ3n) is 3.24. The zero-order chi connectivity index (χ0) is 12.5. The number of aromatic nitrogens is 1. The highest BCUT2D eigenvalue weighted by atomic mass is 35.5. The van der Waals surface area contributed by atoms with Gasteiger partial charge in [0.15, 0.2) is 5.13 Å². The Morgan fingerprint density at radius 2 is 2.26 bits per heavy atom. The van der Waals surface area contributed by atoms with Gasteiger partial charge in [0.25, 0.3) is 0 Å². The molecular formula is C13H15ClFN3S. The minimum absolute atomic E-state index is 0. The Labute approximate surface area is 121 Å². The van der Waals surface area contributed by atoms with Crippen LogP contribution in [0.25, 0.3) is 0 Å². The average Bonchev–Trinajstić information content (AvgIpc) is 2.75. The van der Waals surface area contributed by atoms with Gasteiger partial charge in [-0.2, -0.15) is 0 Å². The van der Waals surface area contributed by atoms with Crippen molar-refractivity contribution in [2.75, 3.05) is 12.3 Å². The number of hydrogen-bond donors (Lipinski definition) is 1. The lowest BCUT2D eigenvalue weighted by Gasteiger charge is -2.28. The molecule has 0 bridgehead atoms. The van der Waals surface area contributed by atoms with E-state index in [0.717, 1.165) is 42.1 Å². The molecule has 1 aliphatic rings. The largest absolute Gasteiger partial charge is 0.375 e. The number of halogens is 2. The van der Waals surface area contributed by atoms with Crippen molar-refractivity contribution in [1.29, 1.82) is 0 Å². The third kappa shape index (κ3) is 3.05. The Morgan fingerprint density at radius 1 is 1.42 bits per heavy atom. The van der Waals surface area contributed by atoms with Crippen molar-refractivity contribution >= 4 is 28.9 Å². The zero-order valence-corrected chi connectivity index (χ0v) is 11.9. The quantitative estimate of drug-likeness (QED) is 0.927. The zero-order valence-electron chi connectivity index (χ0n) is 10.3. The highest BCUT2D eigenvalue weighted by molar-refractivity contribution is 7.15. The van der Waals surface area contributed by atoms with Crippen molar-refractivity contribution in [3.8, 4) is 0 Å². The van der Waals surface area contributed by atoms with Crippen LogP contribution in [0.1, 0.15) is 16.0 Å². The number of nitrogen functional groups attached to an aromatic ring is 1. The molecule has 19 heavy (non-hydrogen) atoms. The second kappa shape index (κ2) is 5.86. The molecule has 3 nitrogen and oxygen atoms in total. The lowest BCUT2D eigenvalue weighted by molar-refractivity contribution is 0.245. The number of rotatable bonds is 2. The number of anilines is 1. The fourth-order valence-corrected chi connectivity index (χ4v) is 3.10. The molecule has 0 saturated carbocycles. The molecule has 0 aliphatic carbocycles. The van der Waals surface area contributed by atoms with Gasteiger partial charge in [0.05, 0.1) is 0 Å². The topological polar surface area (TPSA) is 42.1 Å². The van der Waals surface area contributed by atoms with Crippen molar-refractivity contribution in [2.24, 2.45) is 0 Å². The monoisotopic (exact) mass is 299 g/mol. The lowest BCUT2D eigenvalue weighted by atomic mass is 9.99. The maximum Gasteiger partial charge on any atom is 0.180 e. The minimum atomic E-state index is -0.0748. The van der Waals surface area contributed by atoms with E-state index in [0.29, 0.717) is 5.13 Å². The van der Waals surface area contributed by atoms with Crippen LogP contribution in [-0.2, 0) is 19.5 Å². The van der Waals surface area contributed by atoms with Gasteiger partial charge in [0.1, 0.15) is 5.82 Å². The summed E-state index contributed by atoms with van der Waals surface area (Å²) < 4.78 is 13.6. The van der Waals surface area contributed by atoms with E-state index >= 15 is 0 Å². The Kier molecular flexibility index (Phi) is 4.39. The molecule has 2 N–H and O–H groups in total. The molecule has 102 valence electrons. The molecule has 0 spiro atoms. The number of hydrogen-bond acceptors (Lipinski definition) is 4. The van der Waals surface area contributed by atoms with Crippen molar-refractivity contribution in [1.82, 2.24) is 9.88 Å². The van der Waals surface area contributed by atoms with Crippen LogP contribution < -0.4 is 5.73 Å². The second-order valence-electron chi connectivity index (χ2n) is 4.50. The molecular weight excluding hydrogens is 285 g/mol. The van der Waals surface area contributed by atoms with E-state index in [9.17, 15) is 4.39 Å². The van der Waals surface area contributed by atoms with Gasteiger partial charge in [0, 0.05) is 30.7 Å². The van der Waals surface area contributed by atoms with Crippen LogP contribution in [0.5, 0.6) is 0 Å². The Bertz CT molecular complexity index is 573. The smallest absolute Gasteiger partial charge is 0.180 e. The summed E-state index contributed by atoms with van der Waals surface area (Å²) in [5, 5.41) is 0.605. The summed E-state index contributed by atoms with van der Waals surface area (Å²) in [6.45, 7) is 2.52. The number of benzene rings is 1. The van der Waals surface area contributed by atoms with Gasteiger partial charge in [-0.05, 0) is 23.6 Å². The molecule has 0 atom stereocenters. The van der Waals surface area contributed by atoms with Crippen molar-refractivity contribution < 1.29 is 4.39 Å². The molecule has 2 heterocycles. The van der Waals surface area contributed by atoms with E-state index in [1.807, 2.05) is 12.3 Å². The summed E-state index contributed by atoms with van der Waals surface area (Å²) in [7, 11) is 0. The summed E-state index contributed by atoms with van der Waals surface area (Å²) in [6.07, 6.45) is 2.59. The normalized spacial score (nSPS) is 14.8. The van der Waals surface area contributed by atoms with E-state index in [-0.39, 0.29) is 18.2 Å². The van der Waals surface area contributed by atoms with Gasteiger partial charge in [-0.15, -0.1) is 23.7 Å². The standard InChI is InChI=1S/C13H14FN3S.ClH/c14-12-3-1-2-9-7-17(5-4-11(9)12)8-10-6-16-13(15)18-10;/h1-3,6H,4-5,7-8H2,(H2,15,16);1H. The first kappa shape index (κ1) is 14.2. The van der Waals surface area contributed by atoms with Crippen LogP contribution in [0.15, 0.2) is 24.4 Å². The first-order valence-corrected chi connectivity index (χ1v) is 6.73. The number of nitrogens with zero attached hydrogens (tertiary/aromatic N) is 2. The fraction of sp³-hybridized carbons (Fsp3) is 0.308. The van der Waals surface area contributed by atoms with E-state index in [1.54, 1.807) is 12.1 Å². The molecule has 1 aromatic carbocycles. The molecule has 0 radical (unpaired) electrons. The van der Waals surface area contributed by atoms with E-state index in [4.69, 9.17) is 5.73 Å². The molecule has 1 aromatic heterocycles. The van der Waals surface area contributed by atoms with Gasteiger partial charge in [-0.1, -0.05) is 12.1 Å². The first-order valence-electron chi connectivity index (χ1n) is 5.91. The van der Waals surface area contributed by atoms with Gasteiger partial charge in [-0.25, -0.2) is 9.37 Å². The van der Waals surface area contributed by atoms with Crippen LogP contribution >= 0.6 is 23.7 Å². The lowest BCUT2D eigenvalue weighted by Crippen LogP contribution is -2.30.